The number of benzene rings is 2. The molecule has 0 aliphatic carbocycles. The first-order valence-electron chi connectivity index (χ1n) is 10.3. The Labute approximate surface area is 214 Å². The minimum atomic E-state index is -3.67. The van der Waals surface area contributed by atoms with Gasteiger partial charge in [-0.05, 0) is 64.4 Å². The fraction of sp³-hybridized carbons (Fsp3) is 0.273. The van der Waals surface area contributed by atoms with Crippen molar-refractivity contribution >= 4 is 44.5 Å². The lowest BCUT2D eigenvalue weighted by Gasteiger charge is -2.28. The van der Waals surface area contributed by atoms with E-state index in [-0.39, 0.29) is 36.8 Å². The van der Waals surface area contributed by atoms with E-state index in [0.29, 0.717) is 0 Å². The summed E-state index contributed by atoms with van der Waals surface area (Å²) in [5, 5.41) is 10.7. The lowest BCUT2D eigenvalue weighted by Crippen LogP contribution is -2.46. The molecule has 0 saturated carbocycles. The average molecular weight is 620 g/mol. The topological polar surface area (TPSA) is 139 Å². The van der Waals surface area contributed by atoms with Crippen LogP contribution < -0.4 is 10.5 Å². The Bertz CT molecular complexity index is 1280. The number of amides is 1. The van der Waals surface area contributed by atoms with E-state index in [1.54, 1.807) is 6.07 Å². The SMILES string of the molecule is CS(=O)(=O)Nc1nc(C(=O)N(Cc2cccc(I)c2)C[C@@H](O)[C@@H](N)Cc2cc(F)cc(F)c2)co1. The predicted octanol–water partition coefficient (Wildman–Crippen LogP) is 2.50. The maximum atomic E-state index is 13.5. The van der Waals surface area contributed by atoms with Crippen molar-refractivity contribution in [2.45, 2.75) is 25.1 Å². The van der Waals surface area contributed by atoms with Crippen LogP contribution in [0, 0.1) is 15.2 Å². The number of nitrogens with zero attached hydrogens (tertiary/aromatic N) is 2. The number of aliphatic hydroxyl groups excluding tert-OH is 1. The number of hydrogen-bond acceptors (Lipinski definition) is 7. The van der Waals surface area contributed by atoms with Gasteiger partial charge in [0.05, 0.1) is 12.4 Å². The highest BCUT2D eigenvalue weighted by molar-refractivity contribution is 14.1. The molecule has 0 saturated heterocycles. The van der Waals surface area contributed by atoms with Gasteiger partial charge in [-0.15, -0.1) is 0 Å². The van der Waals surface area contributed by atoms with Crippen molar-refractivity contribution in [3.63, 3.8) is 0 Å². The molecule has 0 radical (unpaired) electrons. The van der Waals surface area contributed by atoms with Gasteiger partial charge in [-0.25, -0.2) is 21.9 Å². The Morgan fingerprint density at radius 1 is 1.23 bits per heavy atom. The van der Waals surface area contributed by atoms with Crippen LogP contribution in [-0.4, -0.2) is 54.3 Å². The minimum absolute atomic E-state index is 0.0342. The monoisotopic (exact) mass is 620 g/mol. The lowest BCUT2D eigenvalue weighted by atomic mass is 10.0. The zero-order valence-corrected chi connectivity index (χ0v) is 21.5. The number of anilines is 1. The molecule has 1 aromatic heterocycles. The molecule has 0 unspecified atom stereocenters. The van der Waals surface area contributed by atoms with E-state index in [1.807, 2.05) is 22.9 Å². The number of carbonyl (C=O) groups excluding carboxylic acids is 1. The molecule has 1 amide bonds. The van der Waals surface area contributed by atoms with Gasteiger partial charge in [-0.3, -0.25) is 4.79 Å². The Hall–Kier alpha value is -2.62. The summed E-state index contributed by atoms with van der Waals surface area (Å²) in [6.45, 7) is -0.152. The van der Waals surface area contributed by atoms with Crippen molar-refractivity contribution in [3.05, 3.63) is 80.8 Å². The summed E-state index contributed by atoms with van der Waals surface area (Å²) in [5.74, 6) is -2.17. The van der Waals surface area contributed by atoms with Crippen LogP contribution in [0.2, 0.25) is 0 Å². The molecule has 188 valence electrons. The van der Waals surface area contributed by atoms with E-state index < -0.39 is 39.7 Å². The number of nitrogens with two attached hydrogens (primary N) is 1. The first-order chi connectivity index (χ1) is 16.4. The summed E-state index contributed by atoms with van der Waals surface area (Å²) in [6.07, 6.45) is 0.616. The standard InChI is InChI=1S/C22H23F2IN4O5S/c1-35(32,33)28-22-27-19(12-34-22)21(31)29(10-13-3-2-4-17(25)7-13)11-20(30)18(26)8-14-5-15(23)9-16(24)6-14/h2-7,9,12,18,20,30H,8,10-11,26H2,1H3,(H,27,28)/t18-,20+/m0/s1. The summed E-state index contributed by atoms with van der Waals surface area (Å²) < 4.78 is 57.8. The van der Waals surface area contributed by atoms with Crippen molar-refractivity contribution in [2.75, 3.05) is 17.5 Å². The van der Waals surface area contributed by atoms with Gasteiger partial charge in [0, 0.05) is 28.8 Å². The van der Waals surface area contributed by atoms with Gasteiger partial charge in [0.25, 0.3) is 5.91 Å². The van der Waals surface area contributed by atoms with Gasteiger partial charge in [0.2, 0.25) is 10.0 Å². The van der Waals surface area contributed by atoms with Crippen molar-refractivity contribution in [1.82, 2.24) is 9.88 Å². The molecule has 2 atom stereocenters. The molecule has 0 aliphatic rings. The lowest BCUT2D eigenvalue weighted by molar-refractivity contribution is 0.0549. The summed E-state index contributed by atoms with van der Waals surface area (Å²) in [5.41, 5.74) is 6.92. The molecule has 35 heavy (non-hydrogen) atoms. The Morgan fingerprint density at radius 2 is 1.91 bits per heavy atom. The summed E-state index contributed by atoms with van der Waals surface area (Å²) in [6, 6.07) is 8.98. The molecular weight excluding hydrogens is 597 g/mol. The van der Waals surface area contributed by atoms with Gasteiger partial charge in [0.1, 0.15) is 17.9 Å². The highest BCUT2D eigenvalue weighted by Gasteiger charge is 2.26. The third-order valence-electron chi connectivity index (χ3n) is 4.84. The molecule has 0 bridgehead atoms. The zero-order valence-electron chi connectivity index (χ0n) is 18.5. The molecule has 0 fully saturated rings. The van der Waals surface area contributed by atoms with E-state index in [1.165, 1.54) is 4.90 Å². The van der Waals surface area contributed by atoms with Gasteiger partial charge in [-0.2, -0.15) is 4.98 Å². The van der Waals surface area contributed by atoms with Crippen molar-refractivity contribution in [2.24, 2.45) is 5.73 Å². The van der Waals surface area contributed by atoms with Crippen molar-refractivity contribution in [3.8, 4) is 0 Å². The Balaban J connectivity index is 1.80. The first kappa shape index (κ1) is 27.0. The van der Waals surface area contributed by atoms with Crippen LogP contribution >= 0.6 is 22.6 Å². The summed E-state index contributed by atoms with van der Waals surface area (Å²) in [7, 11) is -3.67. The number of carbonyl (C=O) groups is 1. The molecular formula is C22H23F2IN4O5S. The van der Waals surface area contributed by atoms with Crippen LogP contribution in [0.4, 0.5) is 14.8 Å². The van der Waals surface area contributed by atoms with Crippen molar-refractivity contribution < 1.29 is 31.5 Å². The number of halogens is 3. The van der Waals surface area contributed by atoms with Gasteiger partial charge < -0.3 is 20.2 Å². The van der Waals surface area contributed by atoms with Crippen LogP contribution in [0.1, 0.15) is 21.6 Å². The second kappa shape index (κ2) is 11.4. The normalized spacial score (nSPS) is 13.3. The second-order valence-electron chi connectivity index (χ2n) is 7.94. The van der Waals surface area contributed by atoms with Crippen LogP contribution in [0.15, 0.2) is 53.1 Å². The van der Waals surface area contributed by atoms with Gasteiger partial charge >= 0.3 is 6.01 Å². The van der Waals surface area contributed by atoms with Gasteiger partial charge in [0.15, 0.2) is 5.69 Å². The molecule has 2 aromatic carbocycles. The van der Waals surface area contributed by atoms with E-state index in [2.05, 4.69) is 27.6 Å². The molecule has 3 rings (SSSR count). The number of hydrogen-bond donors (Lipinski definition) is 3. The number of sulfonamides is 1. The van der Waals surface area contributed by atoms with Crippen LogP contribution in [0.25, 0.3) is 0 Å². The number of aromatic nitrogens is 1. The number of aliphatic hydroxyl groups is 1. The fourth-order valence-electron chi connectivity index (χ4n) is 3.31. The molecule has 13 heteroatoms. The minimum Gasteiger partial charge on any atom is -0.431 e. The third kappa shape index (κ3) is 8.23. The van der Waals surface area contributed by atoms with Crippen LogP contribution in [-0.2, 0) is 23.0 Å². The molecule has 0 spiro atoms. The zero-order chi connectivity index (χ0) is 25.8. The maximum Gasteiger partial charge on any atom is 0.309 e. The largest absolute Gasteiger partial charge is 0.431 e. The quantitative estimate of drug-likeness (QED) is 0.296. The van der Waals surface area contributed by atoms with Crippen LogP contribution in [0.5, 0.6) is 0 Å². The highest BCUT2D eigenvalue weighted by Crippen LogP contribution is 2.17. The molecule has 0 aliphatic heterocycles. The van der Waals surface area contributed by atoms with Crippen LogP contribution in [0.3, 0.4) is 0 Å². The predicted molar refractivity (Wildman–Crippen MR) is 133 cm³/mol. The summed E-state index contributed by atoms with van der Waals surface area (Å²) >= 11 is 2.12. The highest BCUT2D eigenvalue weighted by atomic mass is 127. The fourth-order valence-corrected chi connectivity index (χ4v) is 4.33. The van der Waals surface area contributed by atoms with E-state index in [4.69, 9.17) is 10.2 Å². The number of nitrogens with one attached hydrogen (secondary N) is 1. The molecule has 1 heterocycles. The molecule has 4 N–H and O–H groups in total. The Kier molecular flexibility index (Phi) is 8.79. The molecule has 3 aromatic rings. The Morgan fingerprint density at radius 3 is 2.54 bits per heavy atom. The maximum absolute atomic E-state index is 13.5. The van der Waals surface area contributed by atoms with Gasteiger partial charge in [-0.1, -0.05) is 12.1 Å². The first-order valence-corrected chi connectivity index (χ1v) is 13.2. The van der Waals surface area contributed by atoms with E-state index in [0.717, 1.165) is 39.9 Å². The third-order valence-corrected chi connectivity index (χ3v) is 6.06. The number of oxazole rings is 1. The summed E-state index contributed by atoms with van der Waals surface area (Å²) in [4.78, 5) is 18.3. The van der Waals surface area contributed by atoms with E-state index in [9.17, 15) is 27.1 Å². The second-order valence-corrected chi connectivity index (χ2v) is 10.9. The van der Waals surface area contributed by atoms with Crippen molar-refractivity contribution in [1.29, 1.82) is 0 Å². The van der Waals surface area contributed by atoms with E-state index >= 15 is 0 Å². The smallest absolute Gasteiger partial charge is 0.309 e. The molecule has 9 nitrogen and oxygen atoms in total. The number of rotatable bonds is 10. The average Bonchev–Trinajstić information content (AvgIpc) is 3.18.